The molecule has 10 atom stereocenters. The molecule has 11 N–H and O–H groups in total. The highest BCUT2D eigenvalue weighted by atomic mass is 32.1. The van der Waals surface area contributed by atoms with Gasteiger partial charge in [0.25, 0.3) is 29.5 Å². The number of carbonyl (C=O) groups excluding carboxylic acids is 8. The van der Waals surface area contributed by atoms with Gasteiger partial charge < -0.3 is 86.2 Å². The second-order valence-corrected chi connectivity index (χ2v) is 27.8. The largest absolute Gasteiger partial charge is 0.506 e. The average molecular weight is 1460 g/mol. The average Bonchev–Trinajstić information content (AvgIpc) is 1.62. The van der Waals surface area contributed by atoms with Gasteiger partial charge in [0.2, 0.25) is 5.91 Å². The van der Waals surface area contributed by atoms with Crippen LogP contribution in [0.5, 0.6) is 5.75 Å². The molecule has 1 aromatic carbocycles. The van der Waals surface area contributed by atoms with Crippen molar-refractivity contribution < 1.29 is 91.7 Å². The van der Waals surface area contributed by atoms with Crippen LogP contribution < -0.4 is 32.3 Å². The molecule has 0 saturated carbocycles. The van der Waals surface area contributed by atoms with E-state index in [1.165, 1.54) is 53.9 Å². The van der Waals surface area contributed by atoms with Gasteiger partial charge >= 0.3 is 11.9 Å². The summed E-state index contributed by atoms with van der Waals surface area (Å²) < 4.78 is 54.1. The standard InChI is InChI=1S/C61H59FN14O18S5/c1-21(48(63)79)64-49(80)31-18-98-57(69-31)42-36(78)11-25-41(71-42)30-16-96-55(66-30)29-15-92-59(85)44-27-14-90-45(46(94-37-12-61(5,87)47(75(6)7)24(4)93-37)60(86)91-13-26-28(62)9-10-35(38(26)27)76(44)88)43(58-70-32(19-99-58)50(81)65-29)74-52(83)34-20-97-56(68-34)40(23(3)89-8)73-53(84)39(22(2)77)72-51(82)33-17-95-54(25)67-33/h9-11,16-20,22,24,29,37,39,43,45-47,77-78,87-88H,1,12-15H2,2-8H3,(H2,63,79)(H,64,80)(H,65,81)(H,72,82)(H,73,84)(H,74,83)/b40-23+. The summed E-state index contributed by atoms with van der Waals surface area (Å²) in [7, 11) is 4.76. The first-order valence-corrected chi connectivity index (χ1v) is 34.2. The van der Waals surface area contributed by atoms with Crippen LogP contribution in [-0.4, -0.2) is 184 Å². The van der Waals surface area contributed by atoms with Crippen molar-refractivity contribution in [2.45, 2.75) is 108 Å². The number of primary amides is 1. The number of ether oxygens (including phenoxy) is 6. The van der Waals surface area contributed by atoms with Gasteiger partial charge in [0.1, 0.15) is 125 Å². The van der Waals surface area contributed by atoms with Crippen molar-refractivity contribution in [1.82, 2.24) is 66.1 Å². The number of nitrogens with zero attached hydrogens (tertiary/aromatic N) is 8. The number of aromatic hydroxyl groups is 1. The zero-order valence-corrected chi connectivity index (χ0v) is 57.0. The number of aromatic nitrogens is 7. The van der Waals surface area contributed by atoms with E-state index < -0.39 is 151 Å². The first kappa shape index (κ1) is 69.3. The van der Waals surface area contributed by atoms with Crippen molar-refractivity contribution in [3.05, 3.63) is 124 Å². The Balaban J connectivity index is 1.05. The maximum absolute atomic E-state index is 16.5. The molecule has 0 radical (unpaired) electrons. The number of pyridine rings is 1. The molecular weight excluding hydrogens is 1400 g/mol. The van der Waals surface area contributed by atoms with E-state index in [4.69, 9.17) is 49.1 Å². The van der Waals surface area contributed by atoms with Crippen molar-refractivity contribution in [3.63, 3.8) is 0 Å². The fourth-order valence-electron chi connectivity index (χ4n) is 11.8. The number of esters is 2. The van der Waals surface area contributed by atoms with Crippen molar-refractivity contribution in [3.8, 4) is 38.4 Å². The molecule has 10 unspecified atom stereocenters. The van der Waals surface area contributed by atoms with Gasteiger partial charge in [-0.1, -0.05) is 6.58 Å². The molecule has 99 heavy (non-hydrogen) atoms. The monoisotopic (exact) mass is 1450 g/mol. The molecule has 8 aromatic rings. The zero-order chi connectivity index (χ0) is 70.8. The Morgan fingerprint density at radius 2 is 1.52 bits per heavy atom. The minimum Gasteiger partial charge on any atom is -0.506 e. The van der Waals surface area contributed by atoms with Crippen LogP contribution in [-0.2, 0) is 56.0 Å². The SMILES string of the molecule is C=C(NC(=O)c1csc(-c2nc3c(cc2O)-c2nc(cs2)C(=O)NC(C(C)O)C(=O)N/C(=C(\C)OC)c2nc(cs2)C(=O)NC2c4nc(cs4)C(=O)NC(COC(=O)c4c5c6c(c(F)ccc6n4O)COC(=O)C(OC4CC(C)(O)C(N(C)C)C(C)O4)C2OC5)c2nc-3cs2)n1)C(N)=O. The number of nitrogens with one attached hydrogen (secondary N) is 5. The van der Waals surface area contributed by atoms with Crippen molar-refractivity contribution in [2.75, 3.05) is 27.8 Å². The van der Waals surface area contributed by atoms with Crippen LogP contribution in [0.2, 0.25) is 0 Å². The number of nitrogens with two attached hydrogens (primary N) is 1. The normalized spacial score (nSPS) is 23.9. The third-order valence-corrected chi connectivity index (χ3v) is 20.9. The fraction of sp³-hybridized carbons (Fsp3) is 0.344. The molecule has 4 aliphatic heterocycles. The number of rotatable bonds is 9. The number of allylic oxidation sites excluding steroid dienone is 1. The van der Waals surface area contributed by atoms with Crippen molar-refractivity contribution in [1.29, 1.82) is 0 Å². The van der Waals surface area contributed by atoms with E-state index in [9.17, 15) is 44.5 Å². The lowest BCUT2D eigenvalue weighted by molar-refractivity contribution is -0.280. The minimum atomic E-state index is -2.05. The molecule has 38 heteroatoms. The molecule has 12 rings (SSSR count). The molecule has 1 fully saturated rings. The van der Waals surface area contributed by atoms with E-state index in [0.717, 1.165) is 68.8 Å². The van der Waals surface area contributed by atoms with Crippen LogP contribution in [0.15, 0.2) is 63.1 Å². The number of likely N-dealkylation sites (N-methyl/N-ethyl adjacent to an activating group) is 1. The van der Waals surface area contributed by atoms with E-state index in [1.807, 2.05) is 0 Å². The predicted molar refractivity (Wildman–Crippen MR) is 350 cm³/mol. The van der Waals surface area contributed by atoms with E-state index in [2.05, 4.69) is 48.1 Å². The summed E-state index contributed by atoms with van der Waals surface area (Å²) in [4.78, 5) is 143. The van der Waals surface area contributed by atoms with Crippen LogP contribution >= 0.6 is 56.7 Å². The summed E-state index contributed by atoms with van der Waals surface area (Å²) in [5, 5.41) is 66.5. The number of hydrogen-bond acceptors (Lipinski definition) is 30. The molecule has 32 nitrogen and oxygen atoms in total. The number of carbonyl (C=O) groups is 8. The number of thiazole rings is 5. The fourth-order valence-corrected chi connectivity index (χ4v) is 15.9. The van der Waals surface area contributed by atoms with Crippen LogP contribution in [0.25, 0.3) is 49.3 Å². The lowest BCUT2D eigenvalue weighted by atomic mass is 9.85. The number of aliphatic hydroxyl groups is 2. The maximum Gasteiger partial charge on any atom is 0.358 e. The Kier molecular flexibility index (Phi) is 19.3. The predicted octanol–water partition coefficient (Wildman–Crippen LogP) is 4.03. The number of hydrogen-bond donors (Lipinski definition) is 10. The highest BCUT2D eigenvalue weighted by Gasteiger charge is 2.50. The maximum atomic E-state index is 16.5. The van der Waals surface area contributed by atoms with Crippen LogP contribution in [0, 0.1) is 5.82 Å². The van der Waals surface area contributed by atoms with Crippen molar-refractivity contribution in [2.24, 2.45) is 5.73 Å². The molecule has 11 heterocycles. The highest BCUT2D eigenvalue weighted by molar-refractivity contribution is 7.14. The number of amides is 6. The molecule has 7 aromatic heterocycles. The van der Waals surface area contributed by atoms with Crippen LogP contribution in [0.4, 0.5) is 4.39 Å². The number of cyclic esters (lactones) is 2. The summed E-state index contributed by atoms with van der Waals surface area (Å²) >= 11 is 4.30. The lowest BCUT2D eigenvalue weighted by Gasteiger charge is -2.48. The van der Waals surface area contributed by atoms with Gasteiger partial charge in [0.15, 0.2) is 18.1 Å². The number of halogens is 1. The first-order chi connectivity index (χ1) is 47.1. The van der Waals surface area contributed by atoms with Gasteiger partial charge in [-0.05, 0) is 60.0 Å². The smallest absolute Gasteiger partial charge is 0.358 e. The van der Waals surface area contributed by atoms with Gasteiger partial charge in [-0.2, -0.15) is 4.73 Å². The Labute approximate surface area is 578 Å². The Morgan fingerprint density at radius 3 is 2.22 bits per heavy atom. The van der Waals surface area contributed by atoms with Crippen LogP contribution in [0.3, 0.4) is 0 Å². The van der Waals surface area contributed by atoms with Gasteiger partial charge in [-0.3, -0.25) is 28.8 Å². The summed E-state index contributed by atoms with van der Waals surface area (Å²) in [6.45, 7) is 6.94. The van der Waals surface area contributed by atoms with Gasteiger partial charge in [-0.25, -0.2) is 43.9 Å². The van der Waals surface area contributed by atoms with E-state index in [-0.39, 0.29) is 110 Å². The van der Waals surface area contributed by atoms with Gasteiger partial charge in [0, 0.05) is 55.4 Å². The third-order valence-electron chi connectivity index (χ3n) is 16.4. The lowest BCUT2D eigenvalue weighted by Crippen LogP contribution is -2.62. The Morgan fingerprint density at radius 1 is 0.859 bits per heavy atom. The summed E-state index contributed by atoms with van der Waals surface area (Å²) in [6, 6.07) is -2.12. The van der Waals surface area contributed by atoms with E-state index in [1.54, 1.807) is 32.8 Å². The number of aliphatic hydroxyl groups excluding tert-OH is 1. The van der Waals surface area contributed by atoms with Crippen molar-refractivity contribution >= 4 is 121 Å². The Hall–Kier alpha value is -9.61. The number of fused-ring (bicyclic) bond motifs is 15. The first-order valence-electron chi connectivity index (χ1n) is 29.8. The molecule has 518 valence electrons. The van der Waals surface area contributed by atoms with E-state index in [0.29, 0.717) is 4.73 Å². The molecule has 0 aliphatic carbocycles. The van der Waals surface area contributed by atoms with Gasteiger partial charge in [-0.15, -0.1) is 56.7 Å². The molecule has 12 bridgehead atoms. The third kappa shape index (κ3) is 13.6. The quantitative estimate of drug-likeness (QED) is 0.0422. The summed E-state index contributed by atoms with van der Waals surface area (Å²) in [6.07, 6.45) is -7.99. The molecule has 6 amide bonds. The second kappa shape index (κ2) is 27.6. The summed E-state index contributed by atoms with van der Waals surface area (Å²) in [5.74, 6) is -9.70. The summed E-state index contributed by atoms with van der Waals surface area (Å²) in [5.41, 5.74) is 0.418. The molecular formula is C61H59FN14O18S5. The molecule has 1 saturated heterocycles. The highest BCUT2D eigenvalue weighted by Crippen LogP contribution is 2.43. The minimum absolute atomic E-state index is 0.00358. The molecule has 4 aliphatic rings. The topological polar surface area (TPSA) is 445 Å². The number of methoxy groups -OCH3 is 1. The van der Waals surface area contributed by atoms with Gasteiger partial charge in [0.05, 0.1) is 48.8 Å². The number of benzene rings is 1. The Bertz CT molecular complexity index is 4670. The van der Waals surface area contributed by atoms with Crippen LogP contribution in [0.1, 0.15) is 125 Å². The zero-order valence-electron chi connectivity index (χ0n) is 52.9. The van der Waals surface area contributed by atoms with E-state index >= 15 is 18.8 Å². The second-order valence-electron chi connectivity index (χ2n) is 23.4. The molecule has 0 spiro atoms.